The van der Waals surface area contributed by atoms with Crippen molar-refractivity contribution in [1.29, 1.82) is 0 Å². The molecule has 1 fully saturated rings. The lowest BCUT2D eigenvalue weighted by Gasteiger charge is -2.33. The van der Waals surface area contributed by atoms with E-state index in [1.807, 2.05) is 13.1 Å². The average molecular weight is 354 g/mol. The highest BCUT2D eigenvalue weighted by Crippen LogP contribution is 2.31. The van der Waals surface area contributed by atoms with E-state index in [9.17, 15) is 18.0 Å². The molecule has 3 rings (SSSR count). The maximum atomic E-state index is 13.1. The molecule has 0 aromatic carbocycles. The third-order valence-electron chi connectivity index (χ3n) is 3.89. The van der Waals surface area contributed by atoms with Gasteiger partial charge in [-0.3, -0.25) is 14.5 Å². The maximum Gasteiger partial charge on any atom is 0.418 e. The number of carbonyl (C=O) groups is 1. The number of carbonyl (C=O) groups excluding carboxylic acids is 1. The number of aryl methyl sites for hydroxylation is 1. The molecule has 0 radical (unpaired) electrons. The second-order valence-corrected chi connectivity index (χ2v) is 5.88. The highest BCUT2D eigenvalue weighted by molar-refractivity contribution is 5.94. The van der Waals surface area contributed by atoms with Crippen molar-refractivity contribution in [3.63, 3.8) is 0 Å². The van der Waals surface area contributed by atoms with Crippen LogP contribution in [0.3, 0.4) is 0 Å². The van der Waals surface area contributed by atoms with Gasteiger partial charge < -0.3 is 9.64 Å². The summed E-state index contributed by atoms with van der Waals surface area (Å²) in [6, 6.07) is 2.03. The summed E-state index contributed by atoms with van der Waals surface area (Å²) in [6.07, 6.45) is -0.236. The molecular formula is C16H17F3N4O2. The quantitative estimate of drug-likeness (QED) is 0.847. The third-order valence-corrected chi connectivity index (χ3v) is 3.89. The molecule has 1 aliphatic heterocycles. The zero-order valence-electron chi connectivity index (χ0n) is 13.5. The van der Waals surface area contributed by atoms with E-state index in [4.69, 9.17) is 4.74 Å². The normalized spacial score (nSPS) is 18.4. The molecule has 134 valence electrons. The molecule has 0 N–H and O–H groups in total. The third kappa shape index (κ3) is 3.98. The summed E-state index contributed by atoms with van der Waals surface area (Å²) >= 11 is 0. The average Bonchev–Trinajstić information content (AvgIpc) is 2.98. The summed E-state index contributed by atoms with van der Waals surface area (Å²) < 4.78 is 46.6. The fraction of sp³-hybridized carbons (Fsp3) is 0.438. The zero-order chi connectivity index (χ0) is 18.0. The Labute approximate surface area is 142 Å². The molecule has 0 bridgehead atoms. The Morgan fingerprint density at radius 2 is 2.24 bits per heavy atom. The van der Waals surface area contributed by atoms with Crippen molar-refractivity contribution in [2.24, 2.45) is 0 Å². The summed E-state index contributed by atoms with van der Waals surface area (Å²) in [5.74, 6) is -0.738. The van der Waals surface area contributed by atoms with Crippen LogP contribution in [0.5, 0.6) is 0 Å². The number of hydrogen-bond donors (Lipinski definition) is 0. The van der Waals surface area contributed by atoms with Gasteiger partial charge in [0.2, 0.25) is 0 Å². The lowest BCUT2D eigenvalue weighted by Crippen LogP contribution is -2.47. The number of nitrogens with zero attached hydrogens (tertiary/aromatic N) is 4. The van der Waals surface area contributed by atoms with Crippen molar-refractivity contribution in [2.45, 2.75) is 25.7 Å². The molecule has 0 saturated carbocycles. The topological polar surface area (TPSA) is 60.2 Å². The lowest BCUT2D eigenvalue weighted by atomic mass is 10.1. The van der Waals surface area contributed by atoms with Gasteiger partial charge in [0.15, 0.2) is 0 Å². The highest BCUT2D eigenvalue weighted by atomic mass is 19.4. The molecule has 0 spiro atoms. The van der Waals surface area contributed by atoms with Crippen molar-refractivity contribution < 1.29 is 22.7 Å². The number of rotatable bonds is 3. The van der Waals surface area contributed by atoms with Gasteiger partial charge in [-0.2, -0.15) is 18.3 Å². The second kappa shape index (κ2) is 6.83. The smallest absolute Gasteiger partial charge is 0.373 e. The van der Waals surface area contributed by atoms with Crippen LogP contribution in [0.1, 0.15) is 21.6 Å². The molecule has 3 heterocycles. The molecule has 1 atom stereocenters. The predicted molar refractivity (Wildman–Crippen MR) is 81.8 cm³/mol. The highest BCUT2D eigenvalue weighted by Gasteiger charge is 2.38. The Kier molecular flexibility index (Phi) is 4.76. The predicted octanol–water partition coefficient (Wildman–Crippen LogP) is 2.15. The Morgan fingerprint density at radius 3 is 2.92 bits per heavy atom. The summed E-state index contributed by atoms with van der Waals surface area (Å²) in [5, 5.41) is 4.16. The van der Waals surface area contributed by atoms with E-state index in [1.54, 1.807) is 10.9 Å². The number of pyridine rings is 1. The first-order chi connectivity index (χ1) is 11.8. The van der Waals surface area contributed by atoms with Gasteiger partial charge in [-0.05, 0) is 24.6 Å². The minimum absolute atomic E-state index is 0.186. The molecule has 1 aliphatic rings. The van der Waals surface area contributed by atoms with Gasteiger partial charge in [0.05, 0.1) is 31.0 Å². The second-order valence-electron chi connectivity index (χ2n) is 5.88. The Balaban J connectivity index is 1.74. The van der Waals surface area contributed by atoms with Crippen LogP contribution in [0.4, 0.5) is 13.2 Å². The minimum atomic E-state index is -4.63. The number of halogens is 3. The van der Waals surface area contributed by atoms with Gasteiger partial charge in [0, 0.05) is 25.5 Å². The van der Waals surface area contributed by atoms with Crippen LogP contribution in [-0.2, 0) is 17.5 Å². The summed E-state index contributed by atoms with van der Waals surface area (Å²) in [7, 11) is 0. The SMILES string of the molecule is Cc1cnn(CC2CN(C(=O)c3ncccc3C(F)(F)F)CCO2)c1. The van der Waals surface area contributed by atoms with Crippen LogP contribution < -0.4 is 0 Å². The summed E-state index contributed by atoms with van der Waals surface area (Å²) in [4.78, 5) is 17.6. The molecule has 2 aromatic rings. The number of ether oxygens (including phenoxy) is 1. The molecule has 25 heavy (non-hydrogen) atoms. The van der Waals surface area contributed by atoms with Gasteiger partial charge in [-0.15, -0.1) is 0 Å². The Hall–Kier alpha value is -2.42. The first-order valence-corrected chi connectivity index (χ1v) is 7.77. The molecular weight excluding hydrogens is 337 g/mol. The molecule has 1 saturated heterocycles. The number of alkyl halides is 3. The number of aromatic nitrogens is 3. The molecule has 1 unspecified atom stereocenters. The van der Waals surface area contributed by atoms with Crippen LogP contribution in [0.25, 0.3) is 0 Å². The van der Waals surface area contributed by atoms with Crippen LogP contribution >= 0.6 is 0 Å². The van der Waals surface area contributed by atoms with Crippen molar-refractivity contribution in [3.05, 3.63) is 47.5 Å². The zero-order valence-corrected chi connectivity index (χ0v) is 13.5. The van der Waals surface area contributed by atoms with E-state index in [0.717, 1.165) is 11.6 Å². The Morgan fingerprint density at radius 1 is 1.44 bits per heavy atom. The molecule has 1 amide bonds. The van der Waals surface area contributed by atoms with Crippen LogP contribution in [0.2, 0.25) is 0 Å². The lowest BCUT2D eigenvalue weighted by molar-refractivity contribution is -0.138. The van der Waals surface area contributed by atoms with E-state index < -0.39 is 23.3 Å². The number of morpholine rings is 1. The van der Waals surface area contributed by atoms with Crippen molar-refractivity contribution in [3.8, 4) is 0 Å². The number of amides is 1. The van der Waals surface area contributed by atoms with E-state index >= 15 is 0 Å². The van der Waals surface area contributed by atoms with Crippen molar-refractivity contribution in [2.75, 3.05) is 19.7 Å². The molecule has 0 aliphatic carbocycles. The van der Waals surface area contributed by atoms with Gasteiger partial charge >= 0.3 is 6.18 Å². The van der Waals surface area contributed by atoms with Crippen molar-refractivity contribution >= 4 is 5.91 Å². The first-order valence-electron chi connectivity index (χ1n) is 7.77. The maximum absolute atomic E-state index is 13.1. The monoisotopic (exact) mass is 354 g/mol. The fourth-order valence-electron chi connectivity index (χ4n) is 2.74. The van der Waals surface area contributed by atoms with Gasteiger partial charge in [-0.1, -0.05) is 0 Å². The molecule has 9 heteroatoms. The van der Waals surface area contributed by atoms with Crippen LogP contribution in [0, 0.1) is 6.92 Å². The van der Waals surface area contributed by atoms with Gasteiger partial charge in [0.1, 0.15) is 5.69 Å². The van der Waals surface area contributed by atoms with Crippen LogP contribution in [0.15, 0.2) is 30.7 Å². The largest absolute Gasteiger partial charge is 0.418 e. The minimum Gasteiger partial charge on any atom is -0.373 e. The first kappa shape index (κ1) is 17.4. The van der Waals surface area contributed by atoms with Crippen molar-refractivity contribution in [1.82, 2.24) is 19.7 Å². The summed E-state index contributed by atoms with van der Waals surface area (Å²) in [5.41, 5.74) is -0.608. The van der Waals surface area contributed by atoms with E-state index in [2.05, 4.69) is 10.1 Å². The van der Waals surface area contributed by atoms with E-state index in [0.29, 0.717) is 6.54 Å². The van der Waals surface area contributed by atoms with Crippen LogP contribution in [-0.4, -0.2) is 51.4 Å². The number of hydrogen-bond acceptors (Lipinski definition) is 4. The Bertz CT molecular complexity index is 760. The summed E-state index contributed by atoms with van der Waals surface area (Å²) in [6.45, 7) is 2.99. The van der Waals surface area contributed by atoms with Gasteiger partial charge in [0.25, 0.3) is 5.91 Å². The molecule has 6 nitrogen and oxygen atoms in total. The van der Waals surface area contributed by atoms with Gasteiger partial charge in [-0.25, -0.2) is 0 Å². The molecule has 2 aromatic heterocycles. The van der Waals surface area contributed by atoms with E-state index in [-0.39, 0.29) is 25.8 Å². The fourth-order valence-corrected chi connectivity index (χ4v) is 2.74. The van der Waals surface area contributed by atoms with E-state index in [1.165, 1.54) is 17.2 Å². The standard InChI is InChI=1S/C16H17F3N4O2/c1-11-7-21-23(8-11)10-12-9-22(5-6-25-12)15(24)14-13(16(17,18)19)3-2-4-20-14/h2-4,7-8,12H,5-6,9-10H2,1H3.